The predicted octanol–water partition coefficient (Wildman–Crippen LogP) is 3.60. The maximum atomic E-state index is 13.2. The van der Waals surface area contributed by atoms with Crippen LogP contribution in [0.4, 0.5) is 10.2 Å². The van der Waals surface area contributed by atoms with Gasteiger partial charge in [0, 0.05) is 43.3 Å². The fourth-order valence-corrected chi connectivity index (χ4v) is 4.22. The minimum atomic E-state index is -0.389. The standard InChI is InChI=1S/C21H23ClFN5O/c1-13-17-7-8-24-20(19(17)27(2)26-13)28-9-3-4-15(12-28)21(29)25-11-14-5-6-16(23)10-18(14)22/h5-8,10,15H,3-4,9,11-12H2,1-2H3,(H,25,29)/t15-/m0/s1. The largest absolute Gasteiger partial charge is 0.354 e. The van der Waals surface area contributed by atoms with E-state index in [0.29, 0.717) is 17.1 Å². The van der Waals surface area contributed by atoms with Crippen molar-refractivity contribution in [1.82, 2.24) is 20.1 Å². The Kier molecular flexibility index (Phi) is 5.41. The van der Waals surface area contributed by atoms with Gasteiger partial charge in [-0.05, 0) is 43.5 Å². The van der Waals surface area contributed by atoms with E-state index in [0.717, 1.165) is 41.8 Å². The Morgan fingerprint density at radius 3 is 3.00 bits per heavy atom. The zero-order chi connectivity index (χ0) is 20.5. The topological polar surface area (TPSA) is 63.1 Å². The zero-order valence-electron chi connectivity index (χ0n) is 16.5. The van der Waals surface area contributed by atoms with Gasteiger partial charge in [-0.25, -0.2) is 9.37 Å². The Labute approximate surface area is 173 Å². The number of piperidine rings is 1. The molecule has 0 aliphatic carbocycles. The molecule has 0 radical (unpaired) electrons. The first kappa shape index (κ1) is 19.6. The summed E-state index contributed by atoms with van der Waals surface area (Å²) in [6.07, 6.45) is 3.52. The number of pyridine rings is 1. The minimum absolute atomic E-state index is 0.0246. The highest BCUT2D eigenvalue weighted by Gasteiger charge is 2.28. The van der Waals surface area contributed by atoms with Crippen molar-refractivity contribution in [2.45, 2.75) is 26.3 Å². The molecule has 1 aliphatic rings. The highest BCUT2D eigenvalue weighted by Crippen LogP contribution is 2.29. The van der Waals surface area contributed by atoms with Crippen LogP contribution in [0.25, 0.3) is 10.9 Å². The number of carbonyl (C=O) groups excluding carboxylic acids is 1. The molecular weight excluding hydrogens is 393 g/mol. The van der Waals surface area contributed by atoms with E-state index in [1.807, 2.05) is 24.7 Å². The van der Waals surface area contributed by atoms with Crippen LogP contribution in [-0.4, -0.2) is 33.8 Å². The van der Waals surface area contributed by atoms with E-state index in [1.165, 1.54) is 12.1 Å². The summed E-state index contributed by atoms with van der Waals surface area (Å²) in [6, 6.07) is 6.17. The van der Waals surface area contributed by atoms with Gasteiger partial charge in [-0.1, -0.05) is 17.7 Å². The van der Waals surface area contributed by atoms with Gasteiger partial charge in [-0.3, -0.25) is 9.48 Å². The summed E-state index contributed by atoms with van der Waals surface area (Å²) in [6.45, 7) is 3.71. The van der Waals surface area contributed by atoms with Crippen LogP contribution in [0.1, 0.15) is 24.1 Å². The molecule has 1 amide bonds. The van der Waals surface area contributed by atoms with Crippen molar-refractivity contribution < 1.29 is 9.18 Å². The van der Waals surface area contributed by atoms with Crippen molar-refractivity contribution in [2.24, 2.45) is 13.0 Å². The summed E-state index contributed by atoms with van der Waals surface area (Å²) < 4.78 is 15.0. The van der Waals surface area contributed by atoms with Crippen LogP contribution in [0.3, 0.4) is 0 Å². The van der Waals surface area contributed by atoms with E-state index in [-0.39, 0.29) is 24.2 Å². The number of aryl methyl sites for hydroxylation is 2. The maximum Gasteiger partial charge on any atom is 0.225 e. The molecule has 0 spiro atoms. The molecule has 3 aromatic rings. The third-order valence-corrected chi connectivity index (χ3v) is 5.83. The summed E-state index contributed by atoms with van der Waals surface area (Å²) >= 11 is 6.06. The highest BCUT2D eigenvalue weighted by molar-refractivity contribution is 6.31. The molecule has 8 heteroatoms. The molecule has 3 heterocycles. The number of amides is 1. The third-order valence-electron chi connectivity index (χ3n) is 5.48. The molecule has 0 unspecified atom stereocenters. The van der Waals surface area contributed by atoms with Crippen molar-refractivity contribution in [2.75, 3.05) is 18.0 Å². The fourth-order valence-electron chi connectivity index (χ4n) is 3.99. The lowest BCUT2D eigenvalue weighted by atomic mass is 9.97. The van der Waals surface area contributed by atoms with Crippen LogP contribution < -0.4 is 10.2 Å². The summed E-state index contributed by atoms with van der Waals surface area (Å²) in [4.78, 5) is 19.5. The van der Waals surface area contributed by atoms with Crippen LogP contribution in [0.5, 0.6) is 0 Å². The number of aromatic nitrogens is 3. The van der Waals surface area contributed by atoms with Gasteiger partial charge in [-0.15, -0.1) is 0 Å². The number of hydrogen-bond donors (Lipinski definition) is 1. The van der Waals surface area contributed by atoms with E-state index in [4.69, 9.17) is 11.6 Å². The second-order valence-corrected chi connectivity index (χ2v) is 7.89. The third kappa shape index (κ3) is 3.92. The molecule has 1 fully saturated rings. The minimum Gasteiger partial charge on any atom is -0.354 e. The Bertz CT molecular complexity index is 1070. The molecule has 29 heavy (non-hydrogen) atoms. The SMILES string of the molecule is Cc1nn(C)c2c(N3CCC[C@H](C(=O)NCc4ccc(F)cc4Cl)C3)nccc12. The highest BCUT2D eigenvalue weighted by atomic mass is 35.5. The molecule has 0 bridgehead atoms. The van der Waals surface area contributed by atoms with Gasteiger partial charge in [0.2, 0.25) is 5.91 Å². The van der Waals surface area contributed by atoms with Crippen LogP contribution in [0.15, 0.2) is 30.5 Å². The van der Waals surface area contributed by atoms with Gasteiger partial charge in [0.25, 0.3) is 0 Å². The number of fused-ring (bicyclic) bond motifs is 1. The van der Waals surface area contributed by atoms with Crippen molar-refractivity contribution in [3.05, 3.63) is 52.6 Å². The van der Waals surface area contributed by atoms with Gasteiger partial charge in [0.1, 0.15) is 11.3 Å². The first-order valence-electron chi connectivity index (χ1n) is 9.69. The Morgan fingerprint density at radius 1 is 1.38 bits per heavy atom. The van der Waals surface area contributed by atoms with E-state index in [9.17, 15) is 9.18 Å². The van der Waals surface area contributed by atoms with Gasteiger partial charge < -0.3 is 10.2 Å². The van der Waals surface area contributed by atoms with Gasteiger partial charge in [0.05, 0.1) is 11.6 Å². The van der Waals surface area contributed by atoms with E-state index in [2.05, 4.69) is 20.3 Å². The van der Waals surface area contributed by atoms with Gasteiger partial charge >= 0.3 is 0 Å². The number of rotatable bonds is 4. The van der Waals surface area contributed by atoms with E-state index >= 15 is 0 Å². The number of nitrogens with one attached hydrogen (secondary N) is 1. The number of nitrogens with zero attached hydrogens (tertiary/aromatic N) is 4. The quantitative estimate of drug-likeness (QED) is 0.707. The number of carbonyl (C=O) groups is 1. The maximum absolute atomic E-state index is 13.2. The van der Waals surface area contributed by atoms with E-state index in [1.54, 1.807) is 12.3 Å². The van der Waals surface area contributed by atoms with Crippen LogP contribution in [0.2, 0.25) is 5.02 Å². The molecule has 2 aromatic heterocycles. The van der Waals surface area contributed by atoms with E-state index < -0.39 is 0 Å². The zero-order valence-corrected chi connectivity index (χ0v) is 17.2. The van der Waals surface area contributed by atoms with Crippen molar-refractivity contribution >= 4 is 34.2 Å². The second-order valence-electron chi connectivity index (χ2n) is 7.48. The Balaban J connectivity index is 1.48. The lowest BCUT2D eigenvalue weighted by molar-refractivity contribution is -0.125. The Hall–Kier alpha value is -2.67. The molecule has 4 rings (SSSR count). The van der Waals surface area contributed by atoms with Crippen molar-refractivity contribution in [1.29, 1.82) is 0 Å². The molecule has 1 N–H and O–H groups in total. The molecule has 1 saturated heterocycles. The lowest BCUT2D eigenvalue weighted by Crippen LogP contribution is -2.43. The average molecular weight is 416 g/mol. The lowest BCUT2D eigenvalue weighted by Gasteiger charge is -2.33. The number of hydrogen-bond acceptors (Lipinski definition) is 4. The van der Waals surface area contributed by atoms with Crippen LogP contribution in [0, 0.1) is 18.7 Å². The summed E-state index contributed by atoms with van der Waals surface area (Å²) in [5.74, 6) is 0.308. The smallest absolute Gasteiger partial charge is 0.225 e. The monoisotopic (exact) mass is 415 g/mol. The molecule has 152 valence electrons. The molecule has 6 nitrogen and oxygen atoms in total. The molecular formula is C21H23ClFN5O. The van der Waals surface area contributed by atoms with Crippen LogP contribution >= 0.6 is 11.6 Å². The normalized spacial score (nSPS) is 17.0. The average Bonchev–Trinajstić information content (AvgIpc) is 3.01. The number of anilines is 1. The molecule has 1 aliphatic heterocycles. The van der Waals surface area contributed by atoms with Crippen LogP contribution in [-0.2, 0) is 18.4 Å². The first-order chi connectivity index (χ1) is 13.9. The predicted molar refractivity (Wildman–Crippen MR) is 111 cm³/mol. The summed E-state index contributed by atoms with van der Waals surface area (Å²) in [7, 11) is 1.92. The molecule has 1 aromatic carbocycles. The van der Waals surface area contributed by atoms with Gasteiger partial charge in [0.15, 0.2) is 5.82 Å². The van der Waals surface area contributed by atoms with Gasteiger partial charge in [-0.2, -0.15) is 5.10 Å². The molecule has 0 saturated carbocycles. The number of halogens is 2. The second kappa shape index (κ2) is 7.99. The van der Waals surface area contributed by atoms with Crippen molar-refractivity contribution in [3.63, 3.8) is 0 Å². The number of benzene rings is 1. The fraction of sp³-hybridized carbons (Fsp3) is 0.381. The van der Waals surface area contributed by atoms with Crippen molar-refractivity contribution in [3.8, 4) is 0 Å². The summed E-state index contributed by atoms with van der Waals surface area (Å²) in [5, 5.41) is 8.85. The first-order valence-corrected chi connectivity index (χ1v) is 10.1. The Morgan fingerprint density at radius 2 is 2.21 bits per heavy atom. The summed E-state index contributed by atoms with van der Waals surface area (Å²) in [5.41, 5.74) is 2.66. The molecule has 1 atom stereocenters.